The Bertz CT molecular complexity index is 307. The summed E-state index contributed by atoms with van der Waals surface area (Å²) in [5, 5.41) is 0. The lowest BCUT2D eigenvalue weighted by atomic mass is 9.70. The molecule has 2 fully saturated rings. The van der Waals surface area contributed by atoms with E-state index >= 15 is 0 Å². The van der Waals surface area contributed by atoms with Gasteiger partial charge in [0.05, 0.1) is 0 Å². The van der Waals surface area contributed by atoms with Gasteiger partial charge in [-0.05, 0) is 58.7 Å². The third-order valence-electron chi connectivity index (χ3n) is 5.49. The van der Waals surface area contributed by atoms with E-state index in [0.29, 0.717) is 0 Å². The van der Waals surface area contributed by atoms with E-state index in [2.05, 4.69) is 49.8 Å². The van der Waals surface area contributed by atoms with Crippen LogP contribution in [0.15, 0.2) is 0 Å². The van der Waals surface area contributed by atoms with E-state index < -0.39 is 8.56 Å². The Hall–Kier alpha value is 0.0969. The van der Waals surface area contributed by atoms with Gasteiger partial charge in [0.25, 0.3) is 8.56 Å². The quantitative estimate of drug-likeness (QED) is 0.698. The van der Waals surface area contributed by atoms with Crippen molar-refractivity contribution >= 4 is 8.56 Å². The lowest BCUT2D eigenvalue weighted by molar-refractivity contribution is 0.163. The summed E-state index contributed by atoms with van der Waals surface area (Å²) >= 11 is 0. The van der Waals surface area contributed by atoms with Crippen LogP contribution in [0.5, 0.6) is 0 Å². The van der Waals surface area contributed by atoms with Gasteiger partial charge in [-0.15, -0.1) is 0 Å². The molecule has 0 aromatic heterocycles. The van der Waals surface area contributed by atoms with Crippen LogP contribution in [0.2, 0.25) is 5.54 Å². The molecular formula is C16H35N3Si. The van der Waals surface area contributed by atoms with Crippen molar-refractivity contribution in [2.24, 2.45) is 11.8 Å². The molecule has 0 aliphatic heterocycles. The largest absolute Gasteiger partial charge is 0.316 e. The molecule has 0 heterocycles. The lowest BCUT2D eigenvalue weighted by Gasteiger charge is -2.51. The van der Waals surface area contributed by atoms with Gasteiger partial charge in [-0.25, -0.2) is 0 Å². The number of rotatable bonds is 4. The smallest absolute Gasteiger partial charge is 0.284 e. The van der Waals surface area contributed by atoms with Crippen molar-refractivity contribution < 1.29 is 0 Å². The zero-order chi connectivity index (χ0) is 14.8. The average Bonchev–Trinajstić information content (AvgIpc) is 2.43. The first-order valence-electron chi connectivity index (χ1n) is 8.59. The fraction of sp³-hybridized carbons (Fsp3) is 1.00. The molecule has 0 aromatic carbocycles. The lowest BCUT2D eigenvalue weighted by Crippen LogP contribution is -2.77. The highest BCUT2D eigenvalue weighted by atomic mass is 28.4. The van der Waals surface area contributed by atoms with E-state index in [1.807, 2.05) is 0 Å². The summed E-state index contributed by atoms with van der Waals surface area (Å²) in [7, 11) is 2.48. The van der Waals surface area contributed by atoms with Gasteiger partial charge in [0.2, 0.25) is 0 Å². The van der Waals surface area contributed by atoms with Crippen LogP contribution in [-0.4, -0.2) is 28.2 Å². The maximum absolute atomic E-state index is 3.99. The van der Waals surface area contributed by atoms with Gasteiger partial charge in [-0.3, -0.25) is 0 Å². The predicted octanol–water partition coefficient (Wildman–Crippen LogP) is 3.11. The topological polar surface area (TPSA) is 36.1 Å². The fourth-order valence-corrected chi connectivity index (χ4v) is 9.11. The van der Waals surface area contributed by atoms with Gasteiger partial charge in [0.15, 0.2) is 0 Å². The molecule has 0 bridgehead atoms. The first-order valence-corrected chi connectivity index (χ1v) is 10.7. The molecule has 0 amide bonds. The predicted molar refractivity (Wildman–Crippen MR) is 89.8 cm³/mol. The van der Waals surface area contributed by atoms with Crippen molar-refractivity contribution in [2.75, 3.05) is 14.1 Å². The van der Waals surface area contributed by atoms with Gasteiger partial charge in [-0.2, -0.15) is 0 Å². The maximum Gasteiger partial charge on any atom is 0.284 e. The molecule has 3 unspecified atom stereocenters. The van der Waals surface area contributed by atoms with E-state index in [4.69, 9.17) is 0 Å². The van der Waals surface area contributed by atoms with Crippen LogP contribution in [0.1, 0.15) is 65.7 Å². The molecule has 0 aromatic rings. The number of nitrogens with one attached hydrogen (secondary N) is 3. The Kier molecular flexibility index (Phi) is 5.33. The minimum Gasteiger partial charge on any atom is -0.316 e. The minimum absolute atomic E-state index is 0.167. The second kappa shape index (κ2) is 6.47. The minimum atomic E-state index is -1.84. The first-order chi connectivity index (χ1) is 9.42. The monoisotopic (exact) mass is 297 g/mol. The normalized spacial score (nSPS) is 31.9. The van der Waals surface area contributed by atoms with Crippen molar-refractivity contribution in [2.45, 2.75) is 76.8 Å². The molecule has 0 radical (unpaired) electrons. The summed E-state index contributed by atoms with van der Waals surface area (Å²) in [4.78, 5) is 11.5. The van der Waals surface area contributed by atoms with E-state index in [-0.39, 0.29) is 5.54 Å². The summed E-state index contributed by atoms with van der Waals surface area (Å²) in [6, 6.07) is 0. The Morgan fingerprint density at radius 3 is 2.05 bits per heavy atom. The van der Waals surface area contributed by atoms with Gasteiger partial charge >= 0.3 is 0 Å². The van der Waals surface area contributed by atoms with Gasteiger partial charge in [0.1, 0.15) is 0 Å². The maximum atomic E-state index is 3.99. The molecule has 118 valence electrons. The third-order valence-corrected chi connectivity index (χ3v) is 10.0. The molecule has 0 saturated heterocycles. The Morgan fingerprint density at radius 1 is 0.850 bits per heavy atom. The van der Waals surface area contributed by atoms with Crippen molar-refractivity contribution in [3.8, 4) is 0 Å². The molecule has 2 aliphatic rings. The highest BCUT2D eigenvalue weighted by Gasteiger charge is 2.49. The summed E-state index contributed by atoms with van der Waals surface area (Å²) in [6.07, 6.45) is 10.2. The number of hydrogen-bond donors (Lipinski definition) is 3. The second-order valence-corrected chi connectivity index (χ2v) is 11.5. The SMILES string of the molecule is CN[Si](NC)(NC(C)(C)C)C1CCCC2CCCCC21. The summed E-state index contributed by atoms with van der Waals surface area (Å²) in [5.74, 6) is 1.94. The van der Waals surface area contributed by atoms with E-state index in [1.54, 1.807) is 0 Å². The summed E-state index contributed by atoms with van der Waals surface area (Å²) in [5.41, 5.74) is 0.996. The van der Waals surface area contributed by atoms with E-state index in [1.165, 1.54) is 44.9 Å². The molecule has 0 spiro atoms. The van der Waals surface area contributed by atoms with Crippen molar-refractivity contribution in [1.82, 2.24) is 14.9 Å². The fourth-order valence-electron chi connectivity index (χ4n) is 4.78. The van der Waals surface area contributed by atoms with Crippen molar-refractivity contribution in [1.29, 1.82) is 0 Å². The van der Waals surface area contributed by atoms with Gasteiger partial charge in [0, 0.05) is 5.54 Å². The first kappa shape index (κ1) is 16.5. The van der Waals surface area contributed by atoms with Crippen LogP contribution >= 0.6 is 0 Å². The molecule has 3 atom stereocenters. The second-order valence-electron chi connectivity index (χ2n) is 7.93. The van der Waals surface area contributed by atoms with Crippen LogP contribution in [0.25, 0.3) is 0 Å². The number of hydrogen-bond acceptors (Lipinski definition) is 3. The summed E-state index contributed by atoms with van der Waals surface area (Å²) < 4.78 is 0. The zero-order valence-electron chi connectivity index (χ0n) is 14.2. The number of fused-ring (bicyclic) bond motifs is 1. The molecular weight excluding hydrogens is 262 g/mol. The van der Waals surface area contributed by atoms with Crippen LogP contribution in [-0.2, 0) is 0 Å². The molecule has 3 N–H and O–H groups in total. The van der Waals surface area contributed by atoms with Crippen LogP contribution in [0.4, 0.5) is 0 Å². The highest BCUT2D eigenvalue weighted by molar-refractivity contribution is 6.74. The van der Waals surface area contributed by atoms with Crippen molar-refractivity contribution in [3.05, 3.63) is 0 Å². The van der Waals surface area contributed by atoms with E-state index in [9.17, 15) is 0 Å². The standard InChI is InChI=1S/C16H35N3Si/c1-16(2,3)19-20(17-4,18-5)15-12-8-10-13-9-6-7-11-14(13)15/h13-15,17-19H,6-12H2,1-5H3. The van der Waals surface area contributed by atoms with Gasteiger partial charge in [-0.1, -0.05) is 38.5 Å². The molecule has 2 rings (SSSR count). The van der Waals surface area contributed by atoms with Crippen LogP contribution < -0.4 is 14.9 Å². The van der Waals surface area contributed by atoms with Crippen LogP contribution in [0.3, 0.4) is 0 Å². The summed E-state index contributed by atoms with van der Waals surface area (Å²) in [6.45, 7) is 6.89. The molecule has 3 nitrogen and oxygen atoms in total. The van der Waals surface area contributed by atoms with Crippen molar-refractivity contribution in [3.63, 3.8) is 0 Å². The Labute approximate surface area is 126 Å². The third kappa shape index (κ3) is 3.46. The molecule has 4 heteroatoms. The molecule has 20 heavy (non-hydrogen) atoms. The Morgan fingerprint density at radius 2 is 1.45 bits per heavy atom. The molecule has 2 saturated carbocycles. The average molecular weight is 298 g/mol. The zero-order valence-corrected chi connectivity index (χ0v) is 15.2. The van der Waals surface area contributed by atoms with Gasteiger partial charge < -0.3 is 14.9 Å². The highest BCUT2D eigenvalue weighted by Crippen LogP contribution is 2.49. The van der Waals surface area contributed by atoms with Crippen LogP contribution in [0, 0.1) is 11.8 Å². The molecule has 2 aliphatic carbocycles. The Balaban J connectivity index is 2.22. The van der Waals surface area contributed by atoms with E-state index in [0.717, 1.165) is 17.4 Å².